The van der Waals surface area contributed by atoms with Crippen molar-refractivity contribution in [3.05, 3.63) is 71.7 Å². The number of hydrogen-bond acceptors (Lipinski definition) is 4. The van der Waals surface area contributed by atoms with Crippen LogP contribution in [0, 0.1) is 23.2 Å². The molecule has 1 fully saturated rings. The van der Waals surface area contributed by atoms with E-state index < -0.39 is 0 Å². The number of halogens is 1. The molecule has 3 rings (SSSR count). The molecule has 1 atom stereocenters. The quantitative estimate of drug-likeness (QED) is 0.240. The van der Waals surface area contributed by atoms with E-state index in [4.69, 9.17) is 5.26 Å². The molecular weight excluding hydrogens is 546 g/mol. The van der Waals surface area contributed by atoms with Crippen LogP contribution in [0.2, 0.25) is 0 Å². The van der Waals surface area contributed by atoms with Gasteiger partial charge in [-0.05, 0) is 80.8 Å². The molecule has 1 saturated heterocycles. The molecule has 0 aliphatic carbocycles. The fourth-order valence-electron chi connectivity index (χ4n) is 3.69. The minimum Gasteiger partial charge on any atom is -0.353 e. The highest BCUT2D eigenvalue weighted by Gasteiger charge is 2.18. The van der Waals surface area contributed by atoms with Crippen LogP contribution in [-0.2, 0) is 13.0 Å². The molecule has 1 aromatic carbocycles. The first-order valence-electron chi connectivity index (χ1n) is 14.8. The zero-order valence-electron chi connectivity index (χ0n) is 26.9. The van der Waals surface area contributed by atoms with Crippen LogP contribution in [0.4, 0.5) is 9.39 Å². The number of piperidine rings is 1. The highest BCUT2D eigenvalue weighted by Crippen LogP contribution is 2.32. The second kappa shape index (κ2) is 27.9. The van der Waals surface area contributed by atoms with Crippen molar-refractivity contribution in [3.8, 4) is 6.07 Å². The fourth-order valence-corrected chi connectivity index (χ4v) is 5.44. The lowest BCUT2D eigenvalue weighted by Gasteiger charge is -2.29. The first-order chi connectivity index (χ1) is 19.3. The lowest BCUT2D eigenvalue weighted by atomic mass is 9.97. The number of nitrogens with zero attached hydrogens (tertiary/aromatic N) is 2. The van der Waals surface area contributed by atoms with Gasteiger partial charge in [-0.25, -0.2) is 4.39 Å². The third-order valence-electron chi connectivity index (χ3n) is 5.48. The van der Waals surface area contributed by atoms with E-state index in [1.54, 1.807) is 24.5 Å². The van der Waals surface area contributed by atoms with Crippen LogP contribution >= 0.6 is 21.8 Å². The molecule has 1 aliphatic heterocycles. The van der Waals surface area contributed by atoms with Crippen molar-refractivity contribution in [1.82, 2.24) is 4.90 Å². The van der Waals surface area contributed by atoms with Gasteiger partial charge in [0.1, 0.15) is 5.83 Å². The van der Waals surface area contributed by atoms with E-state index in [1.807, 2.05) is 53.7 Å². The summed E-state index contributed by atoms with van der Waals surface area (Å²) in [5.41, 5.74) is 2.85. The van der Waals surface area contributed by atoms with Gasteiger partial charge < -0.3 is 5.32 Å². The van der Waals surface area contributed by atoms with Gasteiger partial charge >= 0.3 is 0 Å². The summed E-state index contributed by atoms with van der Waals surface area (Å²) < 4.78 is 13.9. The van der Waals surface area contributed by atoms with Gasteiger partial charge in [0.15, 0.2) is 0 Å². The number of hydrogen-bond donors (Lipinski definition) is 1. The number of nitrogens with one attached hydrogen (secondary N) is 1. The molecule has 1 aromatic heterocycles. The number of anilines is 1. The topological polar surface area (TPSA) is 39.1 Å². The Kier molecular flexibility index (Phi) is 29.5. The number of benzene rings is 1. The molecule has 0 amide bonds. The number of thiophene rings is 1. The standard InChI is InChI=1S/C17H24N2.C11H14FNS2.3C2H6.CH4/c1-14(2)10-16-4-3-5-17(11-16)13-19-8-6-15(12-18)7-9-19;1-4-9(12)7-8-13-10-5-6-11(14-10)15(2)3;3*1-2;/h3-5,11,14-15H,6-10,13H2,1-2H3;4-8,13H,2H2,1,3H3;3*1-2H3;1H4/b;8-7-,9-4+;;;;. The highest BCUT2D eigenvalue weighted by atomic mass is 32.2. The summed E-state index contributed by atoms with van der Waals surface area (Å²) in [6.45, 7) is 21.3. The maximum Gasteiger partial charge on any atom is 0.120 e. The molecule has 2 heterocycles. The van der Waals surface area contributed by atoms with Crippen molar-refractivity contribution in [1.29, 1.82) is 5.26 Å². The Morgan fingerprint density at radius 1 is 1.12 bits per heavy atom. The van der Waals surface area contributed by atoms with Crippen molar-refractivity contribution in [2.75, 3.05) is 24.7 Å². The molecule has 0 spiro atoms. The van der Waals surface area contributed by atoms with Crippen molar-refractivity contribution in [3.63, 3.8) is 0 Å². The average molecular weight is 606 g/mol. The third kappa shape index (κ3) is 20.3. The van der Waals surface area contributed by atoms with Crippen molar-refractivity contribution < 1.29 is 4.39 Å². The van der Waals surface area contributed by atoms with E-state index in [-0.39, 0.29) is 29.7 Å². The second-order valence-electron chi connectivity index (χ2n) is 9.00. The monoisotopic (exact) mass is 605 g/mol. The van der Waals surface area contributed by atoms with Gasteiger partial charge in [-0.1, -0.05) is 99.0 Å². The van der Waals surface area contributed by atoms with Crippen LogP contribution in [0.15, 0.2) is 64.8 Å². The van der Waals surface area contributed by atoms with Crippen LogP contribution in [0.1, 0.15) is 93.7 Å². The molecule has 0 saturated carbocycles. The van der Waals surface area contributed by atoms with Gasteiger partial charge in [0, 0.05) is 18.7 Å². The summed E-state index contributed by atoms with van der Waals surface area (Å²) in [7, 11) is 0.0449. The summed E-state index contributed by atoms with van der Waals surface area (Å²) >= 11 is 1.65. The summed E-state index contributed by atoms with van der Waals surface area (Å²) in [5.74, 6) is 4.71. The Morgan fingerprint density at radius 2 is 1.71 bits per heavy atom. The lowest BCUT2D eigenvalue weighted by molar-refractivity contribution is 0.198. The largest absolute Gasteiger partial charge is 0.353 e. The number of rotatable bonds is 8. The van der Waals surface area contributed by atoms with E-state index >= 15 is 0 Å². The summed E-state index contributed by atoms with van der Waals surface area (Å²) in [6, 6.07) is 15.4. The maximum atomic E-state index is 12.7. The third-order valence-corrected chi connectivity index (χ3v) is 8.22. The summed E-state index contributed by atoms with van der Waals surface area (Å²) in [4.78, 5) is 2.47. The zero-order chi connectivity index (χ0) is 30.9. The van der Waals surface area contributed by atoms with E-state index in [2.05, 4.69) is 66.5 Å². The first-order valence-corrected chi connectivity index (χ1v) is 17.4. The summed E-state index contributed by atoms with van der Waals surface area (Å²) in [6.07, 6.45) is 9.70. The van der Waals surface area contributed by atoms with Crippen LogP contribution in [0.3, 0.4) is 0 Å². The van der Waals surface area contributed by atoms with Gasteiger partial charge in [-0.3, -0.25) is 4.90 Å². The predicted molar refractivity (Wildman–Crippen MR) is 190 cm³/mol. The molecular formula is C35H60FN3S2. The van der Waals surface area contributed by atoms with Crippen molar-refractivity contribution in [2.45, 2.75) is 99.8 Å². The minimum atomic E-state index is -0.244. The van der Waals surface area contributed by atoms with E-state index in [0.29, 0.717) is 5.92 Å². The number of allylic oxidation sites excluding steroid dienone is 3. The molecule has 2 aromatic rings. The van der Waals surface area contributed by atoms with Crippen LogP contribution in [-0.4, -0.2) is 30.1 Å². The molecule has 0 bridgehead atoms. The molecule has 0 radical (unpaired) electrons. The Bertz CT molecular complexity index is 1010. The molecule has 6 heteroatoms. The van der Waals surface area contributed by atoms with Gasteiger partial charge in [-0.15, -0.1) is 11.3 Å². The number of likely N-dealkylation sites (tertiary alicyclic amines) is 1. The maximum absolute atomic E-state index is 12.7. The lowest BCUT2D eigenvalue weighted by Crippen LogP contribution is -2.32. The molecule has 1 N–H and O–H groups in total. The smallest absolute Gasteiger partial charge is 0.120 e. The van der Waals surface area contributed by atoms with Crippen LogP contribution in [0.5, 0.6) is 0 Å². The van der Waals surface area contributed by atoms with E-state index in [0.717, 1.165) is 43.9 Å². The highest BCUT2D eigenvalue weighted by molar-refractivity contribution is 8.15. The van der Waals surface area contributed by atoms with E-state index in [1.165, 1.54) is 27.5 Å². The minimum absolute atomic E-state index is 0. The Morgan fingerprint density at radius 3 is 2.20 bits per heavy atom. The van der Waals surface area contributed by atoms with Gasteiger partial charge in [-0.2, -0.15) is 15.7 Å². The SMILES string of the molecule is C.C=S(C)c1ccc(N/C=C\C(F)=C/C)s1.CC.CC.CC.CC(C)Cc1cccc(CN2CCC(C#N)CC2)c1. The average Bonchev–Trinajstić information content (AvgIpc) is 3.46. The molecule has 1 aliphatic rings. The number of nitriles is 1. The van der Waals surface area contributed by atoms with E-state index in [9.17, 15) is 4.39 Å². The van der Waals surface area contributed by atoms with Crippen molar-refractivity contribution in [2.24, 2.45) is 11.8 Å². The fraction of sp³-hybridized carbons (Fsp3) is 0.543. The molecule has 3 nitrogen and oxygen atoms in total. The van der Waals surface area contributed by atoms with Crippen LogP contribution in [0.25, 0.3) is 0 Å². The van der Waals surface area contributed by atoms with Crippen LogP contribution < -0.4 is 5.32 Å². The normalized spacial score (nSPS) is 13.9. The Hall–Kier alpha value is -2.20. The first kappa shape index (κ1) is 43.3. The molecule has 234 valence electrons. The summed E-state index contributed by atoms with van der Waals surface area (Å²) in [5, 5.41) is 12.9. The Balaban J connectivity index is -0.000000594. The molecule has 1 unspecified atom stereocenters. The van der Waals surface area contributed by atoms with Gasteiger partial charge in [0.2, 0.25) is 0 Å². The molecule has 41 heavy (non-hydrogen) atoms. The zero-order valence-corrected chi connectivity index (χ0v) is 28.5. The second-order valence-corrected chi connectivity index (χ2v) is 12.1. The van der Waals surface area contributed by atoms with Gasteiger partial charge in [0.05, 0.1) is 15.3 Å². The van der Waals surface area contributed by atoms with Crippen molar-refractivity contribution >= 4 is 32.7 Å². The Labute approximate surface area is 260 Å². The predicted octanol–water partition coefficient (Wildman–Crippen LogP) is 11.6. The van der Waals surface area contributed by atoms with Gasteiger partial charge in [0.25, 0.3) is 0 Å².